The lowest BCUT2D eigenvalue weighted by Crippen LogP contribution is -1.92. The summed E-state index contributed by atoms with van der Waals surface area (Å²) in [5.74, 6) is 2.02. The zero-order valence-electron chi connectivity index (χ0n) is 14.1. The molecule has 5 rings (SSSR count). The molecule has 1 fully saturated rings. The number of nitrogens with zero attached hydrogens (tertiary/aromatic N) is 4. The quantitative estimate of drug-likeness (QED) is 0.338. The Hall–Kier alpha value is -2.25. The summed E-state index contributed by atoms with van der Waals surface area (Å²) in [7, 11) is 0. The SMILES string of the molecule is CC(Sc1ncnc2sc(-c3ccccc3)cc12)c1nc(C2CC2)no1. The normalized spacial score (nSPS) is 15.4. The summed E-state index contributed by atoms with van der Waals surface area (Å²) in [6, 6.07) is 12.5. The van der Waals surface area contributed by atoms with E-state index >= 15 is 0 Å². The highest BCUT2D eigenvalue weighted by atomic mass is 32.2. The lowest BCUT2D eigenvalue weighted by molar-refractivity contribution is 0.375. The Labute approximate surface area is 158 Å². The molecule has 130 valence electrons. The van der Waals surface area contributed by atoms with E-state index in [1.54, 1.807) is 29.4 Å². The third-order valence-corrected chi connectivity index (χ3v) is 6.58. The topological polar surface area (TPSA) is 64.7 Å². The van der Waals surface area contributed by atoms with Crippen LogP contribution in [0.25, 0.3) is 20.7 Å². The molecule has 0 aliphatic heterocycles. The van der Waals surface area contributed by atoms with Crippen molar-refractivity contribution in [2.75, 3.05) is 0 Å². The summed E-state index contributed by atoms with van der Waals surface area (Å²) in [6.07, 6.45) is 3.97. The maximum absolute atomic E-state index is 5.46. The number of benzene rings is 1. The fourth-order valence-electron chi connectivity index (χ4n) is 2.81. The largest absolute Gasteiger partial charge is 0.338 e. The molecule has 0 saturated heterocycles. The first kappa shape index (κ1) is 16.0. The number of rotatable bonds is 5. The number of hydrogen-bond donors (Lipinski definition) is 0. The molecule has 1 aromatic carbocycles. The van der Waals surface area contributed by atoms with Crippen LogP contribution in [0.5, 0.6) is 0 Å². The van der Waals surface area contributed by atoms with Gasteiger partial charge in [-0.25, -0.2) is 9.97 Å². The summed E-state index contributed by atoms with van der Waals surface area (Å²) in [6.45, 7) is 2.08. The Balaban J connectivity index is 1.45. The van der Waals surface area contributed by atoms with Crippen molar-refractivity contribution in [3.63, 3.8) is 0 Å². The second-order valence-electron chi connectivity index (χ2n) is 6.40. The Morgan fingerprint density at radius 2 is 2.04 bits per heavy atom. The first-order chi connectivity index (χ1) is 12.8. The zero-order valence-corrected chi connectivity index (χ0v) is 15.8. The van der Waals surface area contributed by atoms with Gasteiger partial charge in [0.25, 0.3) is 0 Å². The van der Waals surface area contributed by atoms with Gasteiger partial charge in [-0.15, -0.1) is 11.3 Å². The van der Waals surface area contributed by atoms with Crippen LogP contribution in [0.2, 0.25) is 0 Å². The summed E-state index contributed by atoms with van der Waals surface area (Å²) in [4.78, 5) is 15.7. The molecular weight excluding hydrogens is 364 g/mol. The van der Waals surface area contributed by atoms with E-state index in [9.17, 15) is 0 Å². The molecule has 5 nitrogen and oxygen atoms in total. The molecule has 0 spiro atoms. The van der Waals surface area contributed by atoms with Crippen molar-refractivity contribution in [2.45, 2.75) is 36.0 Å². The number of thiophene rings is 1. The van der Waals surface area contributed by atoms with Gasteiger partial charge in [0.2, 0.25) is 5.89 Å². The van der Waals surface area contributed by atoms with E-state index in [1.807, 2.05) is 6.07 Å². The molecule has 1 saturated carbocycles. The molecule has 1 atom stereocenters. The first-order valence-corrected chi connectivity index (χ1v) is 10.3. The van der Waals surface area contributed by atoms with Crippen LogP contribution in [-0.2, 0) is 0 Å². The van der Waals surface area contributed by atoms with E-state index in [-0.39, 0.29) is 5.25 Å². The third kappa shape index (κ3) is 3.01. The fraction of sp³-hybridized carbons (Fsp3) is 0.263. The van der Waals surface area contributed by atoms with Crippen LogP contribution in [-0.4, -0.2) is 20.1 Å². The molecule has 4 aromatic rings. The van der Waals surface area contributed by atoms with Crippen LogP contribution in [0.3, 0.4) is 0 Å². The molecule has 0 bridgehead atoms. The fourth-order valence-corrected chi connectivity index (χ4v) is 4.80. The minimum absolute atomic E-state index is 0.0492. The first-order valence-electron chi connectivity index (χ1n) is 8.58. The van der Waals surface area contributed by atoms with Crippen LogP contribution in [0.15, 0.2) is 52.3 Å². The smallest absolute Gasteiger partial charge is 0.239 e. The standard InChI is InChI=1S/C19H16N4OS2/c1-11(17-22-16(23-24-17)13-7-8-13)25-18-14-9-15(12-5-3-2-4-6-12)26-19(14)21-10-20-18/h2-6,9-11,13H,7-8H2,1H3. The zero-order chi connectivity index (χ0) is 17.5. The third-order valence-electron chi connectivity index (χ3n) is 4.39. The van der Waals surface area contributed by atoms with Gasteiger partial charge in [0.05, 0.1) is 5.25 Å². The van der Waals surface area contributed by atoms with Crippen LogP contribution >= 0.6 is 23.1 Å². The molecule has 26 heavy (non-hydrogen) atoms. The molecule has 1 aliphatic rings. The average molecular weight is 380 g/mol. The van der Waals surface area contributed by atoms with Crippen LogP contribution in [0.1, 0.15) is 42.6 Å². The monoisotopic (exact) mass is 380 g/mol. The molecule has 1 aliphatic carbocycles. The molecule has 3 heterocycles. The second kappa shape index (κ2) is 6.48. The van der Waals surface area contributed by atoms with Gasteiger partial charge in [-0.1, -0.05) is 47.3 Å². The number of aromatic nitrogens is 4. The minimum atomic E-state index is 0.0492. The van der Waals surface area contributed by atoms with E-state index in [4.69, 9.17) is 4.52 Å². The highest BCUT2D eigenvalue weighted by molar-refractivity contribution is 7.99. The average Bonchev–Trinajstić information content (AvgIpc) is 3.23. The highest BCUT2D eigenvalue weighted by Gasteiger charge is 2.30. The van der Waals surface area contributed by atoms with Crippen molar-refractivity contribution in [1.82, 2.24) is 20.1 Å². The van der Waals surface area contributed by atoms with Crippen LogP contribution in [0, 0.1) is 0 Å². The Morgan fingerprint density at radius 3 is 2.85 bits per heavy atom. The van der Waals surface area contributed by atoms with Crippen molar-refractivity contribution in [3.05, 3.63) is 54.4 Å². The number of thioether (sulfide) groups is 1. The maximum Gasteiger partial charge on any atom is 0.239 e. The maximum atomic E-state index is 5.46. The van der Waals surface area contributed by atoms with Gasteiger partial charge in [-0.3, -0.25) is 0 Å². The Kier molecular flexibility index (Phi) is 3.98. The van der Waals surface area contributed by atoms with Crippen molar-refractivity contribution in [1.29, 1.82) is 0 Å². The van der Waals surface area contributed by atoms with E-state index < -0.39 is 0 Å². The number of hydrogen-bond acceptors (Lipinski definition) is 7. The highest BCUT2D eigenvalue weighted by Crippen LogP contribution is 2.42. The Morgan fingerprint density at radius 1 is 1.19 bits per heavy atom. The van der Waals surface area contributed by atoms with Gasteiger partial charge in [0, 0.05) is 16.2 Å². The molecule has 0 radical (unpaired) electrons. The lowest BCUT2D eigenvalue weighted by Gasteiger charge is -2.06. The summed E-state index contributed by atoms with van der Waals surface area (Å²) < 4.78 is 5.46. The predicted molar refractivity (Wildman–Crippen MR) is 103 cm³/mol. The van der Waals surface area contributed by atoms with Crippen molar-refractivity contribution in [2.24, 2.45) is 0 Å². The molecule has 7 heteroatoms. The van der Waals surface area contributed by atoms with Crippen LogP contribution in [0.4, 0.5) is 0 Å². The van der Waals surface area contributed by atoms with Crippen molar-refractivity contribution >= 4 is 33.3 Å². The summed E-state index contributed by atoms with van der Waals surface area (Å²) in [5.41, 5.74) is 1.20. The van der Waals surface area contributed by atoms with Gasteiger partial charge in [0.15, 0.2) is 5.82 Å². The van der Waals surface area contributed by atoms with Gasteiger partial charge in [-0.2, -0.15) is 4.98 Å². The van der Waals surface area contributed by atoms with Gasteiger partial charge >= 0.3 is 0 Å². The van der Waals surface area contributed by atoms with E-state index in [2.05, 4.69) is 57.4 Å². The van der Waals surface area contributed by atoms with Gasteiger partial charge in [0.1, 0.15) is 16.2 Å². The summed E-state index contributed by atoms with van der Waals surface area (Å²) in [5, 5.41) is 6.20. The van der Waals surface area contributed by atoms with E-state index in [1.165, 1.54) is 23.3 Å². The summed E-state index contributed by atoms with van der Waals surface area (Å²) >= 11 is 3.33. The Bertz CT molecular complexity index is 1060. The molecule has 0 N–H and O–H groups in total. The lowest BCUT2D eigenvalue weighted by atomic mass is 10.2. The van der Waals surface area contributed by atoms with Gasteiger partial charge < -0.3 is 4.52 Å². The van der Waals surface area contributed by atoms with Crippen molar-refractivity contribution < 1.29 is 4.52 Å². The second-order valence-corrected chi connectivity index (χ2v) is 8.76. The molecular formula is C19H16N4OS2. The van der Waals surface area contributed by atoms with Crippen LogP contribution < -0.4 is 0 Å². The predicted octanol–water partition coefficient (Wildman–Crippen LogP) is 5.47. The molecule has 1 unspecified atom stereocenters. The van der Waals surface area contributed by atoms with Gasteiger partial charge in [-0.05, 0) is 31.4 Å². The molecule has 3 aromatic heterocycles. The van der Waals surface area contributed by atoms with E-state index in [0.29, 0.717) is 11.8 Å². The van der Waals surface area contributed by atoms with E-state index in [0.717, 1.165) is 21.1 Å². The number of fused-ring (bicyclic) bond motifs is 1. The van der Waals surface area contributed by atoms with Crippen molar-refractivity contribution in [3.8, 4) is 10.4 Å². The minimum Gasteiger partial charge on any atom is -0.338 e. The molecule has 0 amide bonds.